The average Bonchev–Trinajstić information content (AvgIpc) is 3.26. The van der Waals surface area contributed by atoms with Crippen molar-refractivity contribution in [2.24, 2.45) is 5.92 Å². The maximum atomic E-state index is 13.8. The van der Waals surface area contributed by atoms with Crippen molar-refractivity contribution in [1.29, 1.82) is 0 Å². The Morgan fingerprint density at radius 2 is 2.27 bits per heavy atom. The molecule has 0 radical (unpaired) electrons. The monoisotopic (exact) mass is 321 g/mol. The van der Waals surface area contributed by atoms with Gasteiger partial charge in [0.15, 0.2) is 0 Å². The molecule has 1 N–H and O–H groups in total. The summed E-state index contributed by atoms with van der Waals surface area (Å²) >= 11 is 1.34. The van der Waals surface area contributed by atoms with Gasteiger partial charge in [0.1, 0.15) is 5.82 Å². The molecule has 1 aromatic carbocycles. The van der Waals surface area contributed by atoms with Crippen LogP contribution in [-0.4, -0.2) is 25.7 Å². The number of rotatable bonds is 7. The Balaban J connectivity index is 1.53. The number of benzene rings is 1. The van der Waals surface area contributed by atoms with Crippen LogP contribution in [0.15, 0.2) is 18.2 Å². The Morgan fingerprint density at radius 3 is 3.00 bits per heavy atom. The van der Waals surface area contributed by atoms with E-state index in [0.717, 1.165) is 29.2 Å². The first-order chi connectivity index (χ1) is 10.7. The molecule has 0 saturated heterocycles. The van der Waals surface area contributed by atoms with Gasteiger partial charge in [-0.25, -0.2) is 4.39 Å². The van der Waals surface area contributed by atoms with E-state index in [9.17, 15) is 9.18 Å². The van der Waals surface area contributed by atoms with E-state index < -0.39 is 0 Å². The first-order valence-corrected chi connectivity index (χ1v) is 8.52. The van der Waals surface area contributed by atoms with Gasteiger partial charge in [-0.15, -0.1) is 11.3 Å². The standard InChI is InChI=1S/C17H20FNO2S/c1-11-15-13(18)4-2-5-14(15)22-16(11)17(20)19-8-3-9-21-10-12-6-7-12/h2,4-5,12H,3,6-10H2,1H3,(H,19,20). The highest BCUT2D eigenvalue weighted by molar-refractivity contribution is 7.21. The molecular weight excluding hydrogens is 301 g/mol. The Kier molecular flexibility index (Phi) is 4.74. The molecule has 3 nitrogen and oxygen atoms in total. The van der Waals surface area contributed by atoms with Gasteiger partial charge >= 0.3 is 0 Å². The number of hydrogen-bond donors (Lipinski definition) is 1. The van der Waals surface area contributed by atoms with Crippen LogP contribution in [0.25, 0.3) is 10.1 Å². The molecule has 0 aliphatic heterocycles. The minimum absolute atomic E-state index is 0.125. The quantitative estimate of drug-likeness (QED) is 0.786. The molecule has 1 fully saturated rings. The van der Waals surface area contributed by atoms with Crippen molar-refractivity contribution in [3.63, 3.8) is 0 Å². The van der Waals surface area contributed by atoms with Crippen molar-refractivity contribution < 1.29 is 13.9 Å². The zero-order valence-corrected chi connectivity index (χ0v) is 13.5. The van der Waals surface area contributed by atoms with Crippen LogP contribution in [0.1, 0.15) is 34.5 Å². The van der Waals surface area contributed by atoms with E-state index in [1.807, 2.05) is 6.07 Å². The van der Waals surface area contributed by atoms with Crippen LogP contribution in [-0.2, 0) is 4.74 Å². The van der Waals surface area contributed by atoms with Crippen molar-refractivity contribution in [1.82, 2.24) is 5.32 Å². The van der Waals surface area contributed by atoms with Crippen molar-refractivity contribution in [2.75, 3.05) is 19.8 Å². The predicted octanol–water partition coefficient (Wildman–Crippen LogP) is 3.90. The normalized spacial score (nSPS) is 14.5. The summed E-state index contributed by atoms with van der Waals surface area (Å²) in [5.74, 6) is 0.379. The fraction of sp³-hybridized carbons (Fsp3) is 0.471. The van der Waals surface area contributed by atoms with E-state index in [-0.39, 0.29) is 11.7 Å². The number of fused-ring (bicyclic) bond motifs is 1. The van der Waals surface area contributed by atoms with E-state index in [1.165, 1.54) is 30.2 Å². The average molecular weight is 321 g/mol. The molecule has 0 spiro atoms. The summed E-state index contributed by atoms with van der Waals surface area (Å²) in [6.07, 6.45) is 3.38. The van der Waals surface area contributed by atoms with Crippen LogP contribution in [0.5, 0.6) is 0 Å². The second-order valence-electron chi connectivity index (χ2n) is 5.80. The van der Waals surface area contributed by atoms with E-state index in [2.05, 4.69) is 5.32 Å². The van der Waals surface area contributed by atoms with Gasteiger partial charge in [0.25, 0.3) is 5.91 Å². The molecule has 5 heteroatoms. The fourth-order valence-electron chi connectivity index (χ4n) is 2.46. The maximum Gasteiger partial charge on any atom is 0.261 e. The molecule has 1 amide bonds. The largest absolute Gasteiger partial charge is 0.381 e. The Morgan fingerprint density at radius 1 is 1.45 bits per heavy atom. The molecule has 2 aromatic rings. The van der Waals surface area contributed by atoms with Gasteiger partial charge in [-0.1, -0.05) is 6.07 Å². The van der Waals surface area contributed by atoms with Crippen LogP contribution in [0, 0.1) is 18.7 Å². The molecular formula is C17H20FNO2S. The SMILES string of the molecule is Cc1c(C(=O)NCCCOCC2CC2)sc2cccc(F)c12. The fourth-order valence-corrected chi connectivity index (χ4v) is 3.60. The van der Waals surface area contributed by atoms with Gasteiger partial charge in [0, 0.05) is 29.8 Å². The van der Waals surface area contributed by atoms with E-state index in [4.69, 9.17) is 4.74 Å². The smallest absolute Gasteiger partial charge is 0.261 e. The molecule has 118 valence electrons. The predicted molar refractivity (Wildman–Crippen MR) is 87.0 cm³/mol. The van der Waals surface area contributed by atoms with Crippen molar-refractivity contribution in [3.8, 4) is 0 Å². The summed E-state index contributed by atoms with van der Waals surface area (Å²) in [6, 6.07) is 4.95. The number of halogens is 1. The van der Waals surface area contributed by atoms with Gasteiger partial charge in [-0.2, -0.15) is 0 Å². The van der Waals surface area contributed by atoms with Crippen molar-refractivity contribution in [2.45, 2.75) is 26.2 Å². The second-order valence-corrected chi connectivity index (χ2v) is 6.85. The molecule has 3 rings (SSSR count). The molecule has 1 heterocycles. The summed E-state index contributed by atoms with van der Waals surface area (Å²) in [7, 11) is 0. The van der Waals surface area contributed by atoms with E-state index in [0.29, 0.717) is 23.4 Å². The molecule has 1 aliphatic rings. The molecule has 1 aromatic heterocycles. The summed E-state index contributed by atoms with van der Waals surface area (Å²) in [5, 5.41) is 3.45. The molecule has 1 saturated carbocycles. The summed E-state index contributed by atoms with van der Waals surface area (Å²) in [6.45, 7) is 3.91. The summed E-state index contributed by atoms with van der Waals surface area (Å²) < 4.78 is 20.2. The summed E-state index contributed by atoms with van der Waals surface area (Å²) in [5.41, 5.74) is 0.723. The third kappa shape index (κ3) is 3.47. The number of aryl methyl sites for hydroxylation is 1. The van der Waals surface area contributed by atoms with Gasteiger partial charge in [0.2, 0.25) is 0 Å². The first kappa shape index (κ1) is 15.4. The number of amides is 1. The van der Waals surface area contributed by atoms with Gasteiger partial charge in [0.05, 0.1) is 4.88 Å². The van der Waals surface area contributed by atoms with E-state index >= 15 is 0 Å². The Hall–Kier alpha value is -1.46. The highest BCUT2D eigenvalue weighted by Gasteiger charge is 2.21. The maximum absolute atomic E-state index is 13.8. The lowest BCUT2D eigenvalue weighted by atomic mass is 10.1. The lowest BCUT2D eigenvalue weighted by Gasteiger charge is -2.05. The number of hydrogen-bond acceptors (Lipinski definition) is 3. The highest BCUT2D eigenvalue weighted by atomic mass is 32.1. The Labute approximate surface area is 133 Å². The molecule has 22 heavy (non-hydrogen) atoms. The van der Waals surface area contributed by atoms with Crippen LogP contribution in [0.3, 0.4) is 0 Å². The molecule has 1 aliphatic carbocycles. The molecule has 0 unspecified atom stereocenters. The van der Waals surface area contributed by atoms with E-state index in [1.54, 1.807) is 13.0 Å². The molecule has 0 atom stereocenters. The van der Waals surface area contributed by atoms with Crippen LogP contribution in [0.4, 0.5) is 4.39 Å². The van der Waals surface area contributed by atoms with Crippen LogP contribution in [0.2, 0.25) is 0 Å². The van der Waals surface area contributed by atoms with Crippen LogP contribution >= 0.6 is 11.3 Å². The minimum Gasteiger partial charge on any atom is -0.381 e. The number of ether oxygens (including phenoxy) is 1. The second kappa shape index (κ2) is 6.75. The Bertz CT molecular complexity index is 679. The van der Waals surface area contributed by atoms with Crippen molar-refractivity contribution in [3.05, 3.63) is 34.5 Å². The van der Waals surface area contributed by atoms with Crippen molar-refractivity contribution >= 4 is 27.3 Å². The van der Waals surface area contributed by atoms with Gasteiger partial charge < -0.3 is 10.1 Å². The zero-order valence-electron chi connectivity index (χ0n) is 12.7. The topological polar surface area (TPSA) is 38.3 Å². The number of thiophene rings is 1. The lowest BCUT2D eigenvalue weighted by molar-refractivity contribution is 0.0941. The third-order valence-electron chi connectivity index (χ3n) is 3.91. The van der Waals surface area contributed by atoms with Crippen LogP contribution < -0.4 is 5.32 Å². The molecule has 0 bridgehead atoms. The lowest BCUT2D eigenvalue weighted by Crippen LogP contribution is -2.25. The third-order valence-corrected chi connectivity index (χ3v) is 5.17. The highest BCUT2D eigenvalue weighted by Crippen LogP contribution is 2.32. The number of carbonyl (C=O) groups is 1. The zero-order chi connectivity index (χ0) is 15.5. The summed E-state index contributed by atoms with van der Waals surface area (Å²) in [4.78, 5) is 12.8. The number of carbonyl (C=O) groups excluding carboxylic acids is 1. The number of nitrogens with one attached hydrogen (secondary N) is 1. The van der Waals surface area contributed by atoms with Gasteiger partial charge in [-0.05, 0) is 49.8 Å². The van der Waals surface area contributed by atoms with Gasteiger partial charge in [-0.3, -0.25) is 4.79 Å². The first-order valence-electron chi connectivity index (χ1n) is 7.70. The minimum atomic E-state index is -0.265.